The number of pyridine rings is 1. The summed E-state index contributed by atoms with van der Waals surface area (Å²) in [7, 11) is 0. The number of aromatic nitrogens is 1. The lowest BCUT2D eigenvalue weighted by Gasteiger charge is -2.13. The minimum atomic E-state index is -0.198. The van der Waals surface area contributed by atoms with Crippen LogP contribution in [0.5, 0.6) is 0 Å². The first-order valence-electron chi connectivity index (χ1n) is 10.8. The number of ether oxygens (including phenoxy) is 1. The zero-order chi connectivity index (χ0) is 20.2. The SMILES string of the molecule is CC(C)c1ccc([C@H](C)C(=O)OCCCCCCCC[n+]2ccccc2)cc1. The van der Waals surface area contributed by atoms with Crippen molar-refractivity contribution < 1.29 is 14.1 Å². The Morgan fingerprint density at radius 3 is 2.04 bits per heavy atom. The lowest BCUT2D eigenvalue weighted by molar-refractivity contribution is -0.697. The monoisotopic (exact) mass is 382 g/mol. The van der Waals surface area contributed by atoms with Crippen molar-refractivity contribution in [1.29, 1.82) is 0 Å². The molecule has 1 aromatic heterocycles. The second-order valence-electron chi connectivity index (χ2n) is 7.95. The molecule has 0 radical (unpaired) electrons. The highest BCUT2D eigenvalue weighted by atomic mass is 16.5. The van der Waals surface area contributed by atoms with Crippen molar-refractivity contribution in [3.63, 3.8) is 0 Å². The quantitative estimate of drug-likeness (QED) is 0.264. The van der Waals surface area contributed by atoms with Gasteiger partial charge in [0.05, 0.1) is 12.5 Å². The van der Waals surface area contributed by atoms with Crippen LogP contribution in [-0.4, -0.2) is 12.6 Å². The van der Waals surface area contributed by atoms with Gasteiger partial charge in [-0.2, -0.15) is 0 Å². The molecule has 0 unspecified atom stereocenters. The van der Waals surface area contributed by atoms with Gasteiger partial charge >= 0.3 is 5.97 Å². The predicted molar refractivity (Wildman–Crippen MR) is 114 cm³/mol. The number of benzene rings is 1. The van der Waals surface area contributed by atoms with Crippen molar-refractivity contribution in [3.8, 4) is 0 Å². The van der Waals surface area contributed by atoms with E-state index < -0.39 is 0 Å². The van der Waals surface area contributed by atoms with Crippen LogP contribution in [0.2, 0.25) is 0 Å². The maximum atomic E-state index is 12.2. The van der Waals surface area contributed by atoms with E-state index in [9.17, 15) is 4.79 Å². The maximum Gasteiger partial charge on any atom is 0.313 e. The van der Waals surface area contributed by atoms with E-state index >= 15 is 0 Å². The molecule has 28 heavy (non-hydrogen) atoms. The van der Waals surface area contributed by atoms with E-state index in [2.05, 4.69) is 67.2 Å². The van der Waals surface area contributed by atoms with Gasteiger partial charge in [-0.25, -0.2) is 4.57 Å². The van der Waals surface area contributed by atoms with Crippen LogP contribution in [0, 0.1) is 0 Å². The number of carbonyl (C=O) groups is 1. The van der Waals surface area contributed by atoms with Crippen molar-refractivity contribution >= 4 is 5.97 Å². The van der Waals surface area contributed by atoms with Crippen molar-refractivity contribution in [2.45, 2.75) is 77.7 Å². The highest BCUT2D eigenvalue weighted by Gasteiger charge is 2.16. The molecular weight excluding hydrogens is 346 g/mol. The largest absolute Gasteiger partial charge is 0.465 e. The van der Waals surface area contributed by atoms with Gasteiger partial charge in [-0.1, -0.05) is 63.4 Å². The average Bonchev–Trinajstić information content (AvgIpc) is 2.72. The first-order chi connectivity index (χ1) is 13.6. The molecule has 0 spiro atoms. The Bertz CT molecular complexity index is 679. The summed E-state index contributed by atoms with van der Waals surface area (Å²) in [6, 6.07) is 14.5. The number of hydrogen-bond donors (Lipinski definition) is 0. The molecule has 152 valence electrons. The molecular formula is C25H36NO2+. The summed E-state index contributed by atoms with van der Waals surface area (Å²) in [6.45, 7) is 7.91. The van der Waals surface area contributed by atoms with Gasteiger partial charge in [-0.3, -0.25) is 4.79 Å². The van der Waals surface area contributed by atoms with E-state index in [4.69, 9.17) is 4.74 Å². The molecule has 0 bridgehead atoms. The summed E-state index contributed by atoms with van der Waals surface area (Å²) >= 11 is 0. The molecule has 0 aliphatic carbocycles. The van der Waals surface area contributed by atoms with E-state index in [1.807, 2.05) is 13.0 Å². The van der Waals surface area contributed by atoms with Crippen LogP contribution >= 0.6 is 0 Å². The van der Waals surface area contributed by atoms with Crippen molar-refractivity contribution in [2.75, 3.05) is 6.61 Å². The third kappa shape index (κ3) is 7.84. The standard InChI is InChI=1S/C25H36NO2/c1-21(2)23-13-15-24(16-14-23)22(3)25(27)28-20-12-7-5-4-6-9-17-26-18-10-8-11-19-26/h8,10-11,13-16,18-19,21-22H,4-7,9,12,17,20H2,1-3H3/q+1/t22-/m0/s1. The Hall–Kier alpha value is -2.16. The van der Waals surface area contributed by atoms with E-state index in [-0.39, 0.29) is 11.9 Å². The Labute approximate surface area is 170 Å². The smallest absolute Gasteiger partial charge is 0.313 e. The molecule has 0 aliphatic heterocycles. The maximum absolute atomic E-state index is 12.2. The Morgan fingerprint density at radius 2 is 1.39 bits per heavy atom. The van der Waals surface area contributed by atoms with Gasteiger partial charge in [0.2, 0.25) is 0 Å². The van der Waals surface area contributed by atoms with Crippen LogP contribution in [0.4, 0.5) is 0 Å². The summed E-state index contributed by atoms with van der Waals surface area (Å²) < 4.78 is 7.71. The number of carbonyl (C=O) groups excluding carboxylic acids is 1. The highest BCUT2D eigenvalue weighted by molar-refractivity contribution is 5.77. The van der Waals surface area contributed by atoms with Gasteiger partial charge in [-0.15, -0.1) is 0 Å². The van der Waals surface area contributed by atoms with Crippen molar-refractivity contribution in [2.24, 2.45) is 0 Å². The van der Waals surface area contributed by atoms with Crippen LogP contribution in [0.3, 0.4) is 0 Å². The Balaban J connectivity index is 1.52. The first-order valence-corrected chi connectivity index (χ1v) is 10.8. The second kappa shape index (κ2) is 12.3. The van der Waals surface area contributed by atoms with Gasteiger partial charge in [0.25, 0.3) is 0 Å². The van der Waals surface area contributed by atoms with Gasteiger partial charge in [0, 0.05) is 18.6 Å². The lowest BCUT2D eigenvalue weighted by Crippen LogP contribution is -2.32. The van der Waals surface area contributed by atoms with E-state index in [0.29, 0.717) is 12.5 Å². The predicted octanol–water partition coefficient (Wildman–Crippen LogP) is 5.79. The van der Waals surface area contributed by atoms with Crippen LogP contribution in [0.15, 0.2) is 54.9 Å². The molecule has 0 N–H and O–H groups in total. The van der Waals surface area contributed by atoms with E-state index in [1.54, 1.807) is 0 Å². The molecule has 3 nitrogen and oxygen atoms in total. The summed E-state index contributed by atoms with van der Waals surface area (Å²) in [5.74, 6) is 0.197. The molecule has 0 fully saturated rings. The zero-order valence-corrected chi connectivity index (χ0v) is 17.8. The van der Waals surface area contributed by atoms with Gasteiger partial charge in [0.1, 0.15) is 6.54 Å². The molecule has 1 heterocycles. The fourth-order valence-electron chi connectivity index (χ4n) is 3.29. The number of hydrogen-bond acceptors (Lipinski definition) is 2. The third-order valence-corrected chi connectivity index (χ3v) is 5.29. The first kappa shape index (κ1) is 22.1. The minimum absolute atomic E-state index is 0.114. The highest BCUT2D eigenvalue weighted by Crippen LogP contribution is 2.21. The third-order valence-electron chi connectivity index (χ3n) is 5.29. The summed E-state index contributed by atoms with van der Waals surface area (Å²) in [5, 5.41) is 0. The van der Waals surface area contributed by atoms with Gasteiger partial charge < -0.3 is 4.74 Å². The molecule has 0 aliphatic rings. The van der Waals surface area contributed by atoms with E-state index in [0.717, 1.165) is 24.9 Å². The normalized spacial score (nSPS) is 12.1. The van der Waals surface area contributed by atoms with E-state index in [1.165, 1.54) is 31.2 Å². The zero-order valence-electron chi connectivity index (χ0n) is 17.8. The average molecular weight is 383 g/mol. The van der Waals surface area contributed by atoms with Crippen LogP contribution < -0.4 is 4.57 Å². The van der Waals surface area contributed by atoms with Crippen molar-refractivity contribution in [3.05, 3.63) is 66.0 Å². The summed E-state index contributed by atoms with van der Waals surface area (Å²) in [4.78, 5) is 12.2. The summed E-state index contributed by atoms with van der Waals surface area (Å²) in [6.07, 6.45) is 11.3. The minimum Gasteiger partial charge on any atom is -0.465 e. The molecule has 0 saturated heterocycles. The van der Waals surface area contributed by atoms with Crippen LogP contribution in [0.1, 0.15) is 82.3 Å². The number of nitrogens with zero attached hydrogens (tertiary/aromatic N) is 1. The fraction of sp³-hybridized carbons (Fsp3) is 0.520. The topological polar surface area (TPSA) is 30.2 Å². The Kier molecular flexibility index (Phi) is 9.74. The number of esters is 1. The number of rotatable bonds is 12. The van der Waals surface area contributed by atoms with Crippen LogP contribution in [0.25, 0.3) is 0 Å². The summed E-state index contributed by atoms with van der Waals surface area (Å²) in [5.41, 5.74) is 2.33. The molecule has 0 saturated carbocycles. The number of unbranched alkanes of at least 4 members (excludes halogenated alkanes) is 5. The molecule has 2 rings (SSSR count). The molecule has 0 amide bonds. The second-order valence-corrected chi connectivity index (χ2v) is 7.95. The molecule has 3 heteroatoms. The van der Waals surface area contributed by atoms with Crippen molar-refractivity contribution in [1.82, 2.24) is 0 Å². The van der Waals surface area contributed by atoms with Gasteiger partial charge in [0.15, 0.2) is 12.4 Å². The molecule has 2 aromatic rings. The lowest BCUT2D eigenvalue weighted by atomic mass is 9.96. The fourth-order valence-corrected chi connectivity index (χ4v) is 3.29. The van der Waals surface area contributed by atoms with Crippen LogP contribution in [-0.2, 0) is 16.1 Å². The Morgan fingerprint density at radius 1 is 0.821 bits per heavy atom. The van der Waals surface area contributed by atoms with Gasteiger partial charge in [-0.05, 0) is 36.8 Å². The molecule has 1 aromatic carbocycles. The number of aryl methyl sites for hydroxylation is 1. The molecule has 1 atom stereocenters.